The number of nitrogens with one attached hydrogen (secondary N) is 6. The molecule has 23 nitrogen and oxygen atoms in total. The summed E-state index contributed by atoms with van der Waals surface area (Å²) in [4.78, 5) is 121. The topological polar surface area (TPSA) is 381 Å². The Kier molecular flexibility index (Phi) is 20.3. The fourth-order valence-electron chi connectivity index (χ4n) is 7.85. The number of nitrogens with zero attached hydrogens (tertiary/aromatic N) is 3. The molecule has 370 valence electrons. The Morgan fingerprint density at radius 2 is 1.10 bits per heavy atom. The van der Waals surface area contributed by atoms with Crippen LogP contribution in [0.15, 0.2) is 64.6 Å². The zero-order valence-corrected chi connectivity index (χ0v) is 38.3. The van der Waals surface area contributed by atoms with Gasteiger partial charge in [-0.25, -0.2) is 0 Å². The molecule has 2 aromatic rings. The number of hydrogen-bond donors (Lipinski definition) is 12. The van der Waals surface area contributed by atoms with Crippen molar-refractivity contribution in [3.8, 4) is 5.75 Å². The second-order valence-electron chi connectivity index (χ2n) is 17.1. The van der Waals surface area contributed by atoms with Crippen LogP contribution in [0.3, 0.4) is 0 Å². The highest BCUT2D eigenvalue weighted by Gasteiger charge is 2.41. The van der Waals surface area contributed by atoms with Crippen LogP contribution >= 0.6 is 0 Å². The molecular formula is C45H65N13O10. The average Bonchev–Trinajstić information content (AvgIpc) is 3.79. The lowest BCUT2D eigenvalue weighted by atomic mass is 9.99. The number of aliphatic imine (C=N–C) groups is 2. The highest BCUT2D eigenvalue weighted by atomic mass is 16.4. The summed E-state index contributed by atoms with van der Waals surface area (Å²) >= 11 is 0. The zero-order valence-electron chi connectivity index (χ0n) is 38.3. The molecule has 0 radical (unpaired) electrons. The molecular weight excluding hydrogens is 883 g/mol. The van der Waals surface area contributed by atoms with Crippen molar-refractivity contribution in [1.29, 1.82) is 0 Å². The Balaban J connectivity index is 1.84. The molecule has 2 fully saturated rings. The number of benzene rings is 2. The number of guanidine groups is 2. The average molecular weight is 948 g/mol. The van der Waals surface area contributed by atoms with Crippen molar-refractivity contribution in [1.82, 2.24) is 36.8 Å². The van der Waals surface area contributed by atoms with Gasteiger partial charge in [0.25, 0.3) is 0 Å². The van der Waals surface area contributed by atoms with Crippen LogP contribution in [-0.4, -0.2) is 136 Å². The number of carbonyl (C=O) groups excluding carboxylic acids is 7. The minimum atomic E-state index is -1.56. The largest absolute Gasteiger partial charge is 0.508 e. The van der Waals surface area contributed by atoms with E-state index in [1.54, 1.807) is 56.3 Å². The number of aliphatic carboxylic acids is 1. The Hall–Kier alpha value is -7.46. The third-order valence-corrected chi connectivity index (χ3v) is 11.4. The van der Waals surface area contributed by atoms with Gasteiger partial charge in [-0.2, -0.15) is 0 Å². The highest BCUT2D eigenvalue weighted by molar-refractivity contribution is 5.99. The predicted octanol–water partition coefficient (Wildman–Crippen LogP) is -2.28. The van der Waals surface area contributed by atoms with Gasteiger partial charge in [0.1, 0.15) is 48.0 Å². The molecule has 0 aliphatic carbocycles. The molecule has 0 spiro atoms. The van der Waals surface area contributed by atoms with E-state index in [1.165, 1.54) is 17.0 Å². The quantitative estimate of drug-likeness (QED) is 0.0480. The summed E-state index contributed by atoms with van der Waals surface area (Å²) in [5, 5.41) is 35.8. The number of amides is 7. The lowest BCUT2D eigenvalue weighted by Crippen LogP contribution is -2.61. The van der Waals surface area contributed by atoms with Crippen molar-refractivity contribution < 1.29 is 48.6 Å². The number of nitrogens with two attached hydrogens (primary N) is 4. The van der Waals surface area contributed by atoms with Gasteiger partial charge in [0.15, 0.2) is 11.9 Å². The van der Waals surface area contributed by atoms with Crippen LogP contribution in [0.2, 0.25) is 0 Å². The first-order chi connectivity index (χ1) is 32.3. The Bertz CT molecular complexity index is 2150. The van der Waals surface area contributed by atoms with Crippen LogP contribution in [-0.2, 0) is 51.2 Å². The second-order valence-corrected chi connectivity index (χ2v) is 17.1. The first-order valence-electron chi connectivity index (χ1n) is 22.6. The summed E-state index contributed by atoms with van der Waals surface area (Å²) in [6.07, 6.45) is -0.483. The molecule has 23 heteroatoms. The Labute approximate surface area is 394 Å². The van der Waals surface area contributed by atoms with Crippen LogP contribution in [0.5, 0.6) is 5.75 Å². The van der Waals surface area contributed by atoms with Gasteiger partial charge in [0.2, 0.25) is 41.4 Å². The maximum absolute atomic E-state index is 14.6. The number of carboxylic acids is 1. The van der Waals surface area contributed by atoms with Gasteiger partial charge in [0, 0.05) is 38.9 Å². The van der Waals surface area contributed by atoms with Gasteiger partial charge in [-0.15, -0.1) is 0 Å². The van der Waals surface area contributed by atoms with Crippen LogP contribution < -0.4 is 54.8 Å². The smallest absolute Gasteiger partial charge is 0.303 e. The van der Waals surface area contributed by atoms with Crippen molar-refractivity contribution in [2.45, 2.75) is 120 Å². The van der Waals surface area contributed by atoms with Gasteiger partial charge in [-0.05, 0) is 74.1 Å². The van der Waals surface area contributed by atoms with Crippen molar-refractivity contribution in [3.05, 3.63) is 65.7 Å². The summed E-state index contributed by atoms with van der Waals surface area (Å²) in [6.45, 7) is 3.56. The SMILES string of the molecule is CC(C)[C@@H]1NC(=O)[C@H](Cc2ccccc2)NC(=O)[C@H](CCCN=C(N)N)NC(=O)[C@H](CCC(=O)O)NC(=O)[C@H](CCCN=C(N)N)NC(=O)[C@@H]2CCCN2C(=O)[C@H](Cc2ccc(O)cc2)NC1=O. The van der Waals surface area contributed by atoms with E-state index >= 15 is 0 Å². The number of fused-ring (bicyclic) bond motifs is 1. The number of rotatable bonds is 16. The molecule has 0 unspecified atom stereocenters. The van der Waals surface area contributed by atoms with Gasteiger partial charge in [-0.1, -0.05) is 56.3 Å². The van der Waals surface area contributed by atoms with E-state index in [0.29, 0.717) is 17.5 Å². The molecule has 0 bridgehead atoms. The van der Waals surface area contributed by atoms with Crippen molar-refractivity contribution >= 4 is 59.2 Å². The van der Waals surface area contributed by atoms with Crippen molar-refractivity contribution in [2.24, 2.45) is 38.8 Å². The summed E-state index contributed by atoms with van der Waals surface area (Å²) in [7, 11) is 0. The highest BCUT2D eigenvalue weighted by Crippen LogP contribution is 2.22. The predicted molar refractivity (Wildman–Crippen MR) is 250 cm³/mol. The molecule has 2 heterocycles. The van der Waals surface area contributed by atoms with E-state index in [1.807, 2.05) is 0 Å². The molecule has 7 amide bonds. The van der Waals surface area contributed by atoms with Crippen LogP contribution in [0.4, 0.5) is 0 Å². The van der Waals surface area contributed by atoms with E-state index < -0.39 is 108 Å². The number of carbonyl (C=O) groups is 8. The molecule has 7 atom stereocenters. The summed E-state index contributed by atoms with van der Waals surface area (Å²) in [6, 6.07) is 5.34. The minimum Gasteiger partial charge on any atom is -0.508 e. The third-order valence-electron chi connectivity index (χ3n) is 11.4. The first kappa shape index (κ1) is 53.2. The molecule has 2 aromatic carbocycles. The minimum absolute atomic E-state index is 0.0328. The van der Waals surface area contributed by atoms with E-state index in [4.69, 9.17) is 22.9 Å². The molecule has 2 saturated heterocycles. The first-order valence-corrected chi connectivity index (χ1v) is 22.6. The molecule has 2 aliphatic heterocycles. The van der Waals surface area contributed by atoms with Gasteiger partial charge < -0.3 is 69.9 Å². The lowest BCUT2D eigenvalue weighted by Gasteiger charge is -2.31. The Morgan fingerprint density at radius 1 is 0.632 bits per heavy atom. The third kappa shape index (κ3) is 16.8. The molecule has 68 heavy (non-hydrogen) atoms. The van der Waals surface area contributed by atoms with Gasteiger partial charge in [0.05, 0.1) is 0 Å². The normalized spacial score (nSPS) is 23.4. The number of phenolic OH excluding ortho intramolecular Hbond substituents is 1. The number of hydrogen-bond acceptors (Lipinski definition) is 11. The van der Waals surface area contributed by atoms with E-state index in [-0.39, 0.29) is 82.2 Å². The van der Waals surface area contributed by atoms with Crippen molar-refractivity contribution in [2.75, 3.05) is 19.6 Å². The summed E-state index contributed by atoms with van der Waals surface area (Å²) in [5.74, 6) is -7.89. The van der Waals surface area contributed by atoms with Gasteiger partial charge in [-0.3, -0.25) is 48.3 Å². The number of phenols is 1. The summed E-state index contributed by atoms with van der Waals surface area (Å²) in [5.41, 5.74) is 23.2. The molecule has 4 rings (SSSR count). The second kappa shape index (κ2) is 26.0. The molecule has 0 aromatic heterocycles. The molecule has 0 saturated carbocycles. The van der Waals surface area contributed by atoms with Crippen LogP contribution in [0.1, 0.15) is 76.3 Å². The maximum Gasteiger partial charge on any atom is 0.303 e. The monoisotopic (exact) mass is 947 g/mol. The number of aromatic hydroxyl groups is 1. The number of carboxylic acid groups (broad SMARTS) is 1. The Morgan fingerprint density at radius 3 is 1.63 bits per heavy atom. The fraction of sp³-hybridized carbons (Fsp3) is 0.511. The lowest BCUT2D eigenvalue weighted by molar-refractivity contribution is -0.142. The molecule has 2 aliphatic rings. The fourth-order valence-corrected chi connectivity index (χ4v) is 7.85. The zero-order chi connectivity index (χ0) is 49.9. The van der Waals surface area contributed by atoms with Crippen LogP contribution in [0.25, 0.3) is 0 Å². The summed E-state index contributed by atoms with van der Waals surface area (Å²) < 4.78 is 0. The standard InChI is InChI=1S/C45H65N13O10/c1-25(2)36-42(67)56-33(24-27-14-16-28(59)17-15-27)43(68)58-22-8-13-34(58)41(66)54-30(12-7-21-51-45(48)49)37(62)53-31(18-19-35(60)61)39(64)52-29(11-6-20-50-44(46)47)38(63)55-32(40(65)57-36)23-26-9-4-3-5-10-26/h3-5,9-10,14-17,25,29-34,36,59H,6-8,11-13,18-24H2,1-2H3,(H,52,64)(H,53,62)(H,54,66)(H,55,63)(H,56,67)(H,57,65)(H,60,61)(H4,46,47,50)(H4,48,49,51)/t29-,30-,31-,32-,33-,34-,36-/m0/s1. The van der Waals surface area contributed by atoms with E-state index in [2.05, 4.69) is 41.9 Å². The van der Waals surface area contributed by atoms with Crippen molar-refractivity contribution in [3.63, 3.8) is 0 Å². The van der Waals surface area contributed by atoms with Gasteiger partial charge >= 0.3 is 5.97 Å². The van der Waals surface area contributed by atoms with E-state index in [9.17, 15) is 48.6 Å². The van der Waals surface area contributed by atoms with Crippen LogP contribution in [0, 0.1) is 5.92 Å². The molecule has 16 N–H and O–H groups in total. The maximum atomic E-state index is 14.6. The van der Waals surface area contributed by atoms with E-state index in [0.717, 1.165) is 0 Å².